The Bertz CT molecular complexity index is 716. The molecule has 2 aromatic carbocycles. The van der Waals surface area contributed by atoms with E-state index in [1.807, 2.05) is 43.3 Å². The molecule has 0 aliphatic carbocycles. The average Bonchev–Trinajstić information content (AvgIpc) is 2.58. The minimum atomic E-state index is -0.528. The molecule has 128 valence electrons. The van der Waals surface area contributed by atoms with Gasteiger partial charge in [-0.25, -0.2) is 0 Å². The number of rotatable bonds is 6. The van der Waals surface area contributed by atoms with E-state index in [2.05, 4.69) is 0 Å². The molecular weight excluding hydrogens is 326 g/mol. The number of nitrogens with zero attached hydrogens (tertiary/aromatic N) is 1. The normalized spacial score (nSPS) is 11.7. The van der Waals surface area contributed by atoms with Gasteiger partial charge in [0.25, 0.3) is 5.91 Å². The molecule has 0 heterocycles. The SMILES string of the molecule is CCC(Oc1cc(OC)cc(-c2cccc(Cl)c2)c1)C(=O)N(C)C. The monoisotopic (exact) mass is 347 g/mol. The first kappa shape index (κ1) is 18.1. The molecule has 5 heteroatoms. The molecule has 0 aliphatic rings. The summed E-state index contributed by atoms with van der Waals surface area (Å²) >= 11 is 6.08. The van der Waals surface area contributed by atoms with Gasteiger partial charge in [-0.15, -0.1) is 0 Å². The predicted molar refractivity (Wildman–Crippen MR) is 96.8 cm³/mol. The largest absolute Gasteiger partial charge is 0.497 e. The number of carbonyl (C=O) groups is 1. The molecule has 2 rings (SSSR count). The number of carbonyl (C=O) groups excluding carboxylic acids is 1. The second-order valence-electron chi connectivity index (χ2n) is 5.65. The Hall–Kier alpha value is -2.20. The van der Waals surface area contributed by atoms with E-state index in [0.717, 1.165) is 11.1 Å². The van der Waals surface area contributed by atoms with Crippen LogP contribution in [0.4, 0.5) is 0 Å². The molecule has 0 radical (unpaired) electrons. The maximum absolute atomic E-state index is 12.2. The Morgan fingerprint density at radius 1 is 1.12 bits per heavy atom. The lowest BCUT2D eigenvalue weighted by Crippen LogP contribution is -2.37. The summed E-state index contributed by atoms with van der Waals surface area (Å²) in [6, 6.07) is 13.1. The fraction of sp³-hybridized carbons (Fsp3) is 0.316. The number of ether oxygens (including phenoxy) is 2. The van der Waals surface area contributed by atoms with Crippen LogP contribution in [0.5, 0.6) is 11.5 Å². The molecule has 1 amide bonds. The highest BCUT2D eigenvalue weighted by molar-refractivity contribution is 6.30. The van der Waals surface area contributed by atoms with Crippen LogP contribution in [0.15, 0.2) is 42.5 Å². The summed E-state index contributed by atoms with van der Waals surface area (Å²) in [6.45, 7) is 1.92. The smallest absolute Gasteiger partial charge is 0.263 e. The molecule has 0 aliphatic heterocycles. The maximum Gasteiger partial charge on any atom is 0.263 e. The molecule has 0 bridgehead atoms. The lowest BCUT2D eigenvalue weighted by Gasteiger charge is -2.21. The highest BCUT2D eigenvalue weighted by Gasteiger charge is 2.20. The van der Waals surface area contributed by atoms with E-state index in [4.69, 9.17) is 21.1 Å². The van der Waals surface area contributed by atoms with Gasteiger partial charge in [0.1, 0.15) is 11.5 Å². The van der Waals surface area contributed by atoms with Crippen molar-refractivity contribution in [1.82, 2.24) is 4.90 Å². The zero-order valence-electron chi connectivity index (χ0n) is 14.4. The van der Waals surface area contributed by atoms with Crippen molar-refractivity contribution >= 4 is 17.5 Å². The molecule has 0 N–H and O–H groups in total. The van der Waals surface area contributed by atoms with E-state index in [1.54, 1.807) is 27.3 Å². The zero-order chi connectivity index (χ0) is 17.7. The average molecular weight is 348 g/mol. The molecule has 1 unspecified atom stereocenters. The summed E-state index contributed by atoms with van der Waals surface area (Å²) in [4.78, 5) is 13.7. The van der Waals surface area contributed by atoms with E-state index in [9.17, 15) is 4.79 Å². The van der Waals surface area contributed by atoms with Gasteiger partial charge < -0.3 is 14.4 Å². The molecule has 0 spiro atoms. The molecule has 0 saturated heterocycles. The van der Waals surface area contributed by atoms with Gasteiger partial charge in [-0.3, -0.25) is 4.79 Å². The molecule has 4 nitrogen and oxygen atoms in total. The second-order valence-corrected chi connectivity index (χ2v) is 6.09. The first-order chi connectivity index (χ1) is 11.4. The molecule has 0 saturated carbocycles. The van der Waals surface area contributed by atoms with E-state index in [0.29, 0.717) is 22.9 Å². The van der Waals surface area contributed by atoms with Gasteiger partial charge in [0.15, 0.2) is 6.10 Å². The van der Waals surface area contributed by atoms with Crippen molar-refractivity contribution in [3.63, 3.8) is 0 Å². The fourth-order valence-corrected chi connectivity index (χ4v) is 2.54. The predicted octanol–water partition coefficient (Wildman–Crippen LogP) is 4.26. The van der Waals surface area contributed by atoms with E-state index in [1.165, 1.54) is 4.90 Å². The van der Waals surface area contributed by atoms with E-state index < -0.39 is 6.10 Å². The Balaban J connectivity index is 2.37. The lowest BCUT2D eigenvalue weighted by atomic mass is 10.1. The molecule has 24 heavy (non-hydrogen) atoms. The van der Waals surface area contributed by atoms with Gasteiger partial charge in [0, 0.05) is 25.2 Å². The van der Waals surface area contributed by atoms with Crippen molar-refractivity contribution < 1.29 is 14.3 Å². The van der Waals surface area contributed by atoms with Crippen LogP contribution in [-0.2, 0) is 4.79 Å². The number of likely N-dealkylation sites (N-methyl/N-ethyl adjacent to an activating group) is 1. The van der Waals surface area contributed by atoms with Crippen molar-refractivity contribution in [2.45, 2.75) is 19.4 Å². The van der Waals surface area contributed by atoms with Gasteiger partial charge in [-0.2, -0.15) is 0 Å². The maximum atomic E-state index is 12.2. The lowest BCUT2D eigenvalue weighted by molar-refractivity contribution is -0.136. The first-order valence-corrected chi connectivity index (χ1v) is 8.15. The molecular formula is C19H22ClNO3. The number of methoxy groups -OCH3 is 1. The Labute approximate surface area is 147 Å². The number of benzene rings is 2. The summed E-state index contributed by atoms with van der Waals surface area (Å²) in [5.41, 5.74) is 1.87. The Morgan fingerprint density at radius 3 is 2.42 bits per heavy atom. The highest BCUT2D eigenvalue weighted by atomic mass is 35.5. The number of hydrogen-bond donors (Lipinski definition) is 0. The zero-order valence-corrected chi connectivity index (χ0v) is 15.1. The van der Waals surface area contributed by atoms with Crippen LogP contribution in [0.1, 0.15) is 13.3 Å². The van der Waals surface area contributed by atoms with Crippen LogP contribution in [0.3, 0.4) is 0 Å². The second kappa shape index (κ2) is 8.06. The van der Waals surface area contributed by atoms with Gasteiger partial charge >= 0.3 is 0 Å². The van der Waals surface area contributed by atoms with Crippen molar-refractivity contribution in [3.05, 3.63) is 47.5 Å². The van der Waals surface area contributed by atoms with Crippen molar-refractivity contribution in [2.24, 2.45) is 0 Å². The van der Waals surface area contributed by atoms with Gasteiger partial charge in [-0.1, -0.05) is 30.7 Å². The fourth-order valence-electron chi connectivity index (χ4n) is 2.35. The number of hydrogen-bond acceptors (Lipinski definition) is 3. The Kier molecular flexibility index (Phi) is 6.10. The molecule has 0 fully saturated rings. The van der Waals surface area contributed by atoms with E-state index >= 15 is 0 Å². The molecule has 0 aromatic heterocycles. The van der Waals surface area contributed by atoms with Crippen molar-refractivity contribution in [3.8, 4) is 22.6 Å². The minimum absolute atomic E-state index is 0.0652. The van der Waals surface area contributed by atoms with Crippen LogP contribution in [0.2, 0.25) is 5.02 Å². The van der Waals surface area contributed by atoms with Crippen molar-refractivity contribution in [1.29, 1.82) is 0 Å². The summed E-state index contributed by atoms with van der Waals surface area (Å²) in [7, 11) is 5.04. The number of amides is 1. The summed E-state index contributed by atoms with van der Waals surface area (Å²) in [5.74, 6) is 1.19. The quantitative estimate of drug-likeness (QED) is 0.783. The first-order valence-electron chi connectivity index (χ1n) is 7.77. The highest BCUT2D eigenvalue weighted by Crippen LogP contribution is 2.31. The van der Waals surface area contributed by atoms with Crippen LogP contribution >= 0.6 is 11.6 Å². The summed E-state index contributed by atoms with van der Waals surface area (Å²) in [6.07, 6.45) is 0.0556. The van der Waals surface area contributed by atoms with Crippen molar-refractivity contribution in [2.75, 3.05) is 21.2 Å². The topological polar surface area (TPSA) is 38.8 Å². The standard InChI is InChI=1S/C19H22ClNO3/c1-5-18(19(22)21(2)3)24-17-11-14(10-16(12-17)23-4)13-7-6-8-15(20)9-13/h6-12,18H,5H2,1-4H3. The summed E-state index contributed by atoms with van der Waals surface area (Å²) in [5, 5.41) is 0.659. The third kappa shape index (κ3) is 4.42. The van der Waals surface area contributed by atoms with Crippen LogP contribution in [0, 0.1) is 0 Å². The van der Waals surface area contributed by atoms with Gasteiger partial charge in [0.2, 0.25) is 0 Å². The third-order valence-electron chi connectivity index (χ3n) is 3.64. The minimum Gasteiger partial charge on any atom is -0.497 e. The van der Waals surface area contributed by atoms with Crippen LogP contribution in [0.25, 0.3) is 11.1 Å². The van der Waals surface area contributed by atoms with Gasteiger partial charge in [0.05, 0.1) is 7.11 Å². The van der Waals surface area contributed by atoms with Crippen LogP contribution < -0.4 is 9.47 Å². The number of halogens is 1. The van der Waals surface area contributed by atoms with Crippen LogP contribution in [-0.4, -0.2) is 38.1 Å². The molecule has 1 atom stereocenters. The van der Waals surface area contributed by atoms with Gasteiger partial charge in [-0.05, 0) is 41.8 Å². The van der Waals surface area contributed by atoms with E-state index in [-0.39, 0.29) is 5.91 Å². The Morgan fingerprint density at radius 2 is 1.83 bits per heavy atom. The summed E-state index contributed by atoms with van der Waals surface area (Å²) < 4.78 is 11.3. The third-order valence-corrected chi connectivity index (χ3v) is 3.87. The molecule has 2 aromatic rings.